The van der Waals surface area contributed by atoms with Gasteiger partial charge < -0.3 is 0 Å². The Kier molecular flexibility index (Phi) is 9.13. The van der Waals surface area contributed by atoms with Crippen molar-refractivity contribution in [3.63, 3.8) is 0 Å². The van der Waals surface area contributed by atoms with Crippen molar-refractivity contribution in [3.8, 4) is 6.07 Å². The van der Waals surface area contributed by atoms with Crippen molar-refractivity contribution in [3.05, 3.63) is 59.7 Å². The summed E-state index contributed by atoms with van der Waals surface area (Å²) in [6.45, 7) is 2.24. The monoisotopic (exact) mass is 335 g/mol. The molecule has 0 aromatic heterocycles. The van der Waals surface area contributed by atoms with Crippen molar-refractivity contribution in [2.75, 3.05) is 0 Å². The van der Waals surface area contributed by atoms with Crippen LogP contribution in [0.25, 0.3) is 0 Å². The first-order valence-electron chi connectivity index (χ1n) is 10.1. The molecule has 1 nitrogen and oxygen atoms in total. The molecule has 0 saturated heterocycles. The van der Waals surface area contributed by atoms with Gasteiger partial charge in [-0.1, -0.05) is 68.7 Å². The molecular formula is C24H33N. The Bertz CT molecular complexity index is 565. The average molecular weight is 336 g/mol. The van der Waals surface area contributed by atoms with Gasteiger partial charge in [0.15, 0.2) is 0 Å². The van der Waals surface area contributed by atoms with Gasteiger partial charge in [-0.2, -0.15) is 5.26 Å². The minimum Gasteiger partial charge on any atom is -0.193 e. The van der Waals surface area contributed by atoms with E-state index in [9.17, 15) is 0 Å². The lowest BCUT2D eigenvalue weighted by Crippen LogP contribution is -2.13. The number of aryl methyl sites for hydroxylation is 2. The molecule has 0 amide bonds. The molecule has 0 aliphatic heterocycles. The van der Waals surface area contributed by atoms with Gasteiger partial charge in [0, 0.05) is 6.08 Å². The van der Waals surface area contributed by atoms with Crippen LogP contribution in [0.3, 0.4) is 0 Å². The molecule has 0 spiro atoms. The predicted octanol–water partition coefficient (Wildman–Crippen LogP) is 6.79. The van der Waals surface area contributed by atoms with E-state index in [2.05, 4.69) is 37.3 Å². The molecule has 2 rings (SSSR count). The highest BCUT2D eigenvalue weighted by molar-refractivity contribution is 5.22. The third-order valence-corrected chi connectivity index (χ3v) is 5.45. The largest absolute Gasteiger partial charge is 0.193 e. The molecule has 1 heteroatoms. The van der Waals surface area contributed by atoms with E-state index in [4.69, 9.17) is 5.26 Å². The number of rotatable bonds is 9. The second-order valence-electron chi connectivity index (χ2n) is 7.47. The first-order valence-corrected chi connectivity index (χ1v) is 10.1. The van der Waals surface area contributed by atoms with Gasteiger partial charge in [-0.3, -0.25) is 0 Å². The number of benzene rings is 1. The minimum absolute atomic E-state index is 0.723. The average Bonchev–Trinajstić information content (AvgIpc) is 2.65. The quantitative estimate of drug-likeness (QED) is 0.277. The molecule has 1 aromatic rings. The molecule has 134 valence electrons. The van der Waals surface area contributed by atoms with Gasteiger partial charge in [-0.25, -0.2) is 0 Å². The molecule has 0 heterocycles. The summed E-state index contributed by atoms with van der Waals surface area (Å²) in [4.78, 5) is 0. The van der Waals surface area contributed by atoms with Crippen LogP contribution in [0.5, 0.6) is 0 Å². The summed E-state index contributed by atoms with van der Waals surface area (Å²) in [5, 5.41) is 8.48. The third-order valence-electron chi connectivity index (χ3n) is 5.45. The lowest BCUT2D eigenvalue weighted by atomic mass is 9.79. The number of unbranched alkanes of at least 4 members (excludes halogenated alkanes) is 1. The standard InChI is InChI=1S/C24H33N/c1-2-8-21-12-14-23(15-13-21)10-5-6-11-24-18-16-22(17-19-24)9-4-3-7-20-25/h3-4,7,9,12-15,22,24H,2,5-6,8,10-11,16-19H2,1H3/b7-3+,9-4+. The topological polar surface area (TPSA) is 23.8 Å². The van der Waals surface area contributed by atoms with Crippen molar-refractivity contribution in [1.29, 1.82) is 5.26 Å². The van der Waals surface area contributed by atoms with Crippen molar-refractivity contribution in [1.82, 2.24) is 0 Å². The molecule has 1 aliphatic rings. The molecule has 0 radical (unpaired) electrons. The van der Waals surface area contributed by atoms with E-state index in [0.717, 1.165) is 11.8 Å². The fourth-order valence-corrected chi connectivity index (χ4v) is 3.91. The Hall–Kier alpha value is -1.81. The van der Waals surface area contributed by atoms with Crippen molar-refractivity contribution in [2.24, 2.45) is 11.8 Å². The first-order chi connectivity index (χ1) is 12.3. The summed E-state index contributed by atoms with van der Waals surface area (Å²) in [6, 6.07) is 11.3. The summed E-state index contributed by atoms with van der Waals surface area (Å²) in [7, 11) is 0. The van der Waals surface area contributed by atoms with E-state index < -0.39 is 0 Å². The highest BCUT2D eigenvalue weighted by Gasteiger charge is 2.18. The van der Waals surface area contributed by atoms with Gasteiger partial charge >= 0.3 is 0 Å². The third kappa shape index (κ3) is 7.74. The van der Waals surface area contributed by atoms with Gasteiger partial charge in [0.2, 0.25) is 0 Å². The van der Waals surface area contributed by atoms with Crippen LogP contribution in [0.1, 0.15) is 69.4 Å². The fraction of sp³-hybridized carbons (Fsp3) is 0.542. The summed E-state index contributed by atoms with van der Waals surface area (Å²) < 4.78 is 0. The zero-order valence-electron chi connectivity index (χ0n) is 15.8. The lowest BCUT2D eigenvalue weighted by molar-refractivity contribution is 0.289. The van der Waals surface area contributed by atoms with Gasteiger partial charge in [0.05, 0.1) is 6.07 Å². The molecule has 0 N–H and O–H groups in total. The molecule has 1 aromatic carbocycles. The first kappa shape index (κ1) is 19.5. The van der Waals surface area contributed by atoms with Crippen LogP contribution < -0.4 is 0 Å². The van der Waals surface area contributed by atoms with E-state index >= 15 is 0 Å². The second-order valence-corrected chi connectivity index (χ2v) is 7.47. The number of hydrogen-bond donors (Lipinski definition) is 0. The maximum atomic E-state index is 8.48. The van der Waals surface area contributed by atoms with Gasteiger partial charge in [0.25, 0.3) is 0 Å². The number of nitriles is 1. The van der Waals surface area contributed by atoms with Gasteiger partial charge in [0.1, 0.15) is 0 Å². The van der Waals surface area contributed by atoms with Crippen LogP contribution in [0.2, 0.25) is 0 Å². The van der Waals surface area contributed by atoms with Crippen LogP contribution >= 0.6 is 0 Å². The highest BCUT2D eigenvalue weighted by Crippen LogP contribution is 2.32. The molecule has 25 heavy (non-hydrogen) atoms. The van der Waals surface area contributed by atoms with Crippen molar-refractivity contribution >= 4 is 0 Å². The summed E-state index contributed by atoms with van der Waals surface area (Å²) >= 11 is 0. The number of hydrogen-bond acceptors (Lipinski definition) is 1. The van der Waals surface area contributed by atoms with Crippen molar-refractivity contribution < 1.29 is 0 Å². The Morgan fingerprint density at radius 2 is 1.64 bits per heavy atom. The molecule has 0 unspecified atom stereocenters. The predicted molar refractivity (Wildman–Crippen MR) is 107 cm³/mol. The molecular weight excluding hydrogens is 302 g/mol. The van der Waals surface area contributed by atoms with Crippen LogP contribution in [-0.4, -0.2) is 0 Å². The Morgan fingerprint density at radius 3 is 2.28 bits per heavy atom. The molecule has 1 aliphatic carbocycles. The molecule has 0 atom stereocenters. The van der Waals surface area contributed by atoms with Crippen LogP contribution in [-0.2, 0) is 12.8 Å². The van der Waals surface area contributed by atoms with Gasteiger partial charge in [-0.15, -0.1) is 0 Å². The van der Waals surface area contributed by atoms with E-state index in [0.29, 0.717) is 0 Å². The van der Waals surface area contributed by atoms with E-state index in [1.807, 2.05) is 18.2 Å². The highest BCUT2D eigenvalue weighted by atomic mass is 14.2. The Labute approximate surface area is 154 Å². The molecule has 1 saturated carbocycles. The SMILES string of the molecule is CCCc1ccc(CCCCC2CCC(/C=C/C=C/C#N)CC2)cc1. The van der Waals surface area contributed by atoms with E-state index in [-0.39, 0.29) is 0 Å². The molecule has 1 fully saturated rings. The Balaban J connectivity index is 1.58. The fourth-order valence-electron chi connectivity index (χ4n) is 3.91. The number of allylic oxidation sites excluding steroid dienone is 4. The van der Waals surface area contributed by atoms with E-state index in [1.54, 1.807) is 6.08 Å². The zero-order valence-corrected chi connectivity index (χ0v) is 15.8. The maximum absolute atomic E-state index is 8.48. The van der Waals surface area contributed by atoms with Crippen LogP contribution in [0.4, 0.5) is 0 Å². The number of nitrogens with zero attached hydrogens (tertiary/aromatic N) is 1. The van der Waals surface area contributed by atoms with Gasteiger partial charge in [-0.05, 0) is 67.9 Å². The van der Waals surface area contributed by atoms with Crippen molar-refractivity contribution in [2.45, 2.75) is 71.1 Å². The Morgan fingerprint density at radius 1 is 0.960 bits per heavy atom. The van der Waals surface area contributed by atoms with E-state index in [1.165, 1.54) is 75.3 Å². The summed E-state index contributed by atoms with van der Waals surface area (Å²) in [5.74, 6) is 1.66. The normalized spacial score (nSPS) is 21.0. The zero-order chi connectivity index (χ0) is 17.7. The van der Waals surface area contributed by atoms with Crippen LogP contribution in [0, 0.1) is 23.2 Å². The molecule has 0 bridgehead atoms. The minimum atomic E-state index is 0.723. The lowest BCUT2D eigenvalue weighted by Gasteiger charge is -2.26. The summed E-state index contributed by atoms with van der Waals surface area (Å²) in [5.41, 5.74) is 2.97. The van der Waals surface area contributed by atoms with Crippen LogP contribution in [0.15, 0.2) is 48.6 Å². The summed E-state index contributed by atoms with van der Waals surface area (Å²) in [6.07, 6.45) is 20.9. The second kappa shape index (κ2) is 11.7. The smallest absolute Gasteiger partial charge is 0.0912 e. The maximum Gasteiger partial charge on any atom is 0.0912 e.